The smallest absolute Gasteiger partial charge is 0.425 e. The fourth-order valence-electron chi connectivity index (χ4n) is 1.44. The van der Waals surface area contributed by atoms with Gasteiger partial charge in [0, 0.05) is 0 Å². The van der Waals surface area contributed by atoms with E-state index in [4.69, 9.17) is 5.11 Å². The van der Waals surface area contributed by atoms with Crippen molar-refractivity contribution in [3.63, 3.8) is 0 Å². The number of alkyl halides is 3. The lowest BCUT2D eigenvalue weighted by molar-refractivity contribution is -0.173. The van der Waals surface area contributed by atoms with Crippen molar-refractivity contribution in [2.75, 3.05) is 6.61 Å². The Balaban J connectivity index is 2.37. The van der Waals surface area contributed by atoms with Crippen molar-refractivity contribution in [3.8, 4) is 0 Å². The molecule has 0 fully saturated rings. The van der Waals surface area contributed by atoms with Crippen LogP contribution in [0, 0.1) is 0 Å². The summed E-state index contributed by atoms with van der Waals surface area (Å²) in [4.78, 5) is 19.1. The normalized spacial score (nSPS) is 11.7. The molecule has 18 heavy (non-hydrogen) atoms. The maximum absolute atomic E-state index is 12.0. The molecular weight excluding hydrogens is 253 g/mol. The van der Waals surface area contributed by atoms with E-state index in [-0.39, 0.29) is 16.6 Å². The van der Waals surface area contributed by atoms with Gasteiger partial charge >= 0.3 is 12.1 Å². The first kappa shape index (κ1) is 12.2. The van der Waals surface area contributed by atoms with Crippen LogP contribution in [0.25, 0.3) is 11.0 Å². The van der Waals surface area contributed by atoms with Crippen molar-refractivity contribution >= 4 is 17.0 Å². The molecule has 0 spiro atoms. The van der Waals surface area contributed by atoms with Crippen LogP contribution >= 0.6 is 0 Å². The van der Waals surface area contributed by atoms with Crippen molar-refractivity contribution in [3.05, 3.63) is 30.1 Å². The second-order valence-corrected chi connectivity index (χ2v) is 3.44. The third-order valence-electron chi connectivity index (χ3n) is 2.14. The van der Waals surface area contributed by atoms with Gasteiger partial charge < -0.3 is 9.94 Å². The zero-order chi connectivity index (χ0) is 13.3. The fraction of sp³-hybridized carbons (Fsp3) is 0.200. The van der Waals surface area contributed by atoms with E-state index in [9.17, 15) is 18.0 Å². The number of carboxylic acid groups (broad SMARTS) is 1. The highest BCUT2D eigenvalue weighted by molar-refractivity contribution is 6.00. The molecule has 1 aromatic heterocycles. The van der Waals surface area contributed by atoms with Gasteiger partial charge in [0.25, 0.3) is 0 Å². The minimum Gasteiger partial charge on any atom is -0.478 e. The molecule has 0 aliphatic rings. The zero-order valence-corrected chi connectivity index (χ0v) is 8.81. The molecule has 0 saturated heterocycles. The first-order valence-corrected chi connectivity index (χ1v) is 4.78. The van der Waals surface area contributed by atoms with Crippen LogP contribution in [-0.2, 0) is 0 Å². The number of para-hydroxylation sites is 1. The topological polar surface area (TPSA) is 64.3 Å². The highest BCUT2D eigenvalue weighted by Crippen LogP contribution is 2.18. The number of hydrogen-bond donors (Lipinski definition) is 1. The Bertz CT molecular complexity index is 592. The molecule has 0 saturated carbocycles. The molecule has 0 aliphatic carbocycles. The Morgan fingerprint density at radius 1 is 1.44 bits per heavy atom. The number of imidazole rings is 1. The van der Waals surface area contributed by atoms with Crippen molar-refractivity contribution in [2.45, 2.75) is 6.18 Å². The van der Waals surface area contributed by atoms with Gasteiger partial charge in [0.1, 0.15) is 17.4 Å². The zero-order valence-electron chi connectivity index (χ0n) is 8.81. The average molecular weight is 260 g/mol. The van der Waals surface area contributed by atoms with Crippen LogP contribution in [0.2, 0.25) is 0 Å². The lowest BCUT2D eigenvalue weighted by Gasteiger charge is -2.09. The Hall–Kier alpha value is -2.25. The first-order valence-electron chi connectivity index (χ1n) is 4.78. The van der Waals surface area contributed by atoms with E-state index in [1.807, 2.05) is 0 Å². The van der Waals surface area contributed by atoms with Gasteiger partial charge in [0.15, 0.2) is 0 Å². The molecule has 2 rings (SSSR count). The van der Waals surface area contributed by atoms with Crippen LogP contribution in [0.15, 0.2) is 24.5 Å². The summed E-state index contributed by atoms with van der Waals surface area (Å²) in [5.41, 5.74) is 0.146. The number of fused-ring (bicyclic) bond motifs is 1. The minimum atomic E-state index is -4.47. The van der Waals surface area contributed by atoms with Gasteiger partial charge in [0.05, 0.1) is 5.56 Å². The van der Waals surface area contributed by atoms with Gasteiger partial charge in [-0.25, -0.2) is 9.78 Å². The second-order valence-electron chi connectivity index (χ2n) is 3.44. The lowest BCUT2D eigenvalue weighted by Crippen LogP contribution is -2.25. The molecule has 0 bridgehead atoms. The number of hydrogen-bond acceptors (Lipinski definition) is 3. The number of carboxylic acids is 1. The molecule has 8 heteroatoms. The van der Waals surface area contributed by atoms with E-state index in [0.29, 0.717) is 0 Å². The van der Waals surface area contributed by atoms with E-state index in [2.05, 4.69) is 9.82 Å². The fourth-order valence-corrected chi connectivity index (χ4v) is 1.44. The monoisotopic (exact) mass is 260 g/mol. The lowest BCUT2D eigenvalue weighted by atomic mass is 10.2. The predicted molar refractivity (Wildman–Crippen MR) is 54.2 cm³/mol. The van der Waals surface area contributed by atoms with Crippen molar-refractivity contribution < 1.29 is 27.9 Å². The highest BCUT2D eigenvalue weighted by atomic mass is 19.4. The highest BCUT2D eigenvalue weighted by Gasteiger charge is 2.29. The summed E-state index contributed by atoms with van der Waals surface area (Å²) in [5, 5.41) is 8.88. The Kier molecular flexibility index (Phi) is 2.85. The van der Waals surface area contributed by atoms with Gasteiger partial charge in [-0.15, -0.1) is 0 Å². The van der Waals surface area contributed by atoms with Crippen molar-refractivity contribution in [2.24, 2.45) is 0 Å². The molecule has 96 valence electrons. The maximum atomic E-state index is 12.0. The minimum absolute atomic E-state index is 0.0761. The van der Waals surface area contributed by atoms with E-state index < -0.39 is 18.8 Å². The van der Waals surface area contributed by atoms with Crippen molar-refractivity contribution in [1.29, 1.82) is 0 Å². The number of aromatic nitrogens is 2. The number of carbonyl (C=O) groups is 1. The standard InChI is InChI=1S/C10H7F3N2O3/c11-10(12,13)4-18-15-5-14-8-6(9(16)17)2-1-3-7(8)15/h1-3,5H,4H2,(H,16,17). The molecule has 1 N–H and O–H groups in total. The van der Waals surface area contributed by atoms with E-state index in [1.54, 1.807) is 0 Å². The van der Waals surface area contributed by atoms with Gasteiger partial charge in [-0.3, -0.25) is 0 Å². The Morgan fingerprint density at radius 2 is 2.17 bits per heavy atom. The maximum Gasteiger partial charge on any atom is 0.425 e. The van der Waals surface area contributed by atoms with Gasteiger partial charge in [0.2, 0.25) is 6.61 Å². The summed E-state index contributed by atoms with van der Waals surface area (Å²) in [6, 6.07) is 4.14. The summed E-state index contributed by atoms with van der Waals surface area (Å²) < 4.78 is 36.8. The summed E-state index contributed by atoms with van der Waals surface area (Å²) in [6.07, 6.45) is -3.47. The van der Waals surface area contributed by atoms with E-state index in [1.165, 1.54) is 18.2 Å². The largest absolute Gasteiger partial charge is 0.478 e. The summed E-state index contributed by atoms with van der Waals surface area (Å²) in [7, 11) is 0. The summed E-state index contributed by atoms with van der Waals surface area (Å²) in [6.45, 7) is -1.48. The summed E-state index contributed by atoms with van der Waals surface area (Å²) >= 11 is 0. The summed E-state index contributed by atoms with van der Waals surface area (Å²) in [5.74, 6) is -1.21. The third-order valence-corrected chi connectivity index (χ3v) is 2.14. The molecule has 2 aromatic rings. The second kappa shape index (κ2) is 4.21. The third kappa shape index (κ3) is 2.36. The van der Waals surface area contributed by atoms with Crippen LogP contribution in [0.5, 0.6) is 0 Å². The van der Waals surface area contributed by atoms with Gasteiger partial charge in [-0.05, 0) is 12.1 Å². The molecule has 0 radical (unpaired) electrons. The SMILES string of the molecule is O=C(O)c1cccc2c1ncn2OCC(F)(F)F. The molecule has 0 aliphatic heterocycles. The first-order chi connectivity index (χ1) is 8.38. The molecule has 0 amide bonds. The van der Waals surface area contributed by atoms with Crippen LogP contribution < -0.4 is 4.84 Å². The number of halogens is 3. The molecule has 0 atom stereocenters. The number of nitrogens with zero attached hydrogens (tertiary/aromatic N) is 2. The number of aromatic carboxylic acids is 1. The average Bonchev–Trinajstić information content (AvgIpc) is 2.68. The van der Waals surface area contributed by atoms with E-state index in [0.717, 1.165) is 11.1 Å². The molecule has 1 heterocycles. The van der Waals surface area contributed by atoms with Crippen LogP contribution in [-0.4, -0.2) is 33.6 Å². The van der Waals surface area contributed by atoms with Crippen LogP contribution in [0.3, 0.4) is 0 Å². The van der Waals surface area contributed by atoms with Gasteiger partial charge in [-0.1, -0.05) is 6.07 Å². The molecule has 1 aromatic carbocycles. The van der Waals surface area contributed by atoms with Crippen LogP contribution in [0.4, 0.5) is 13.2 Å². The number of benzene rings is 1. The predicted octanol–water partition coefficient (Wildman–Crippen LogP) is 1.73. The molecule has 5 nitrogen and oxygen atoms in total. The Labute approximate surface area is 98.4 Å². The van der Waals surface area contributed by atoms with Crippen molar-refractivity contribution in [1.82, 2.24) is 9.71 Å². The quantitative estimate of drug-likeness (QED) is 0.912. The molecular formula is C10H7F3N2O3. The number of rotatable bonds is 3. The Morgan fingerprint density at radius 3 is 2.78 bits per heavy atom. The van der Waals surface area contributed by atoms with E-state index >= 15 is 0 Å². The van der Waals surface area contributed by atoms with Gasteiger partial charge in [-0.2, -0.15) is 17.9 Å². The van der Waals surface area contributed by atoms with Crippen LogP contribution in [0.1, 0.15) is 10.4 Å². The molecule has 0 unspecified atom stereocenters.